The van der Waals surface area contributed by atoms with E-state index in [4.69, 9.17) is 9.72 Å². The van der Waals surface area contributed by atoms with Gasteiger partial charge < -0.3 is 4.74 Å². The van der Waals surface area contributed by atoms with Gasteiger partial charge in [0.1, 0.15) is 4.83 Å². The fourth-order valence-corrected chi connectivity index (χ4v) is 5.84. The molecule has 3 heterocycles. The summed E-state index contributed by atoms with van der Waals surface area (Å²) in [6.07, 6.45) is 8.41. The molecular formula is C17H22N2O2S2. The van der Waals surface area contributed by atoms with Crippen LogP contribution >= 0.6 is 23.1 Å². The van der Waals surface area contributed by atoms with Gasteiger partial charge in [-0.25, -0.2) is 4.98 Å². The lowest BCUT2D eigenvalue weighted by molar-refractivity contribution is 0.0315. The number of aromatic nitrogens is 2. The first kappa shape index (κ1) is 15.7. The van der Waals surface area contributed by atoms with Crippen LogP contribution in [0, 0.1) is 0 Å². The molecule has 1 aliphatic heterocycles. The minimum absolute atomic E-state index is 0.126. The van der Waals surface area contributed by atoms with Gasteiger partial charge in [0, 0.05) is 24.3 Å². The van der Waals surface area contributed by atoms with Gasteiger partial charge in [0.2, 0.25) is 0 Å². The number of hydrogen-bond donors (Lipinski definition) is 0. The summed E-state index contributed by atoms with van der Waals surface area (Å²) in [5.74, 6) is 0.886. The van der Waals surface area contributed by atoms with E-state index in [9.17, 15) is 4.79 Å². The Morgan fingerprint density at radius 2 is 2.17 bits per heavy atom. The van der Waals surface area contributed by atoms with Crippen molar-refractivity contribution in [1.29, 1.82) is 0 Å². The smallest absolute Gasteiger partial charge is 0.262 e. The van der Waals surface area contributed by atoms with E-state index in [2.05, 4.69) is 0 Å². The summed E-state index contributed by atoms with van der Waals surface area (Å²) in [5, 5.41) is 1.71. The Morgan fingerprint density at radius 1 is 1.30 bits per heavy atom. The monoisotopic (exact) mass is 350 g/mol. The first-order chi connectivity index (χ1) is 11.2. The van der Waals surface area contributed by atoms with Gasteiger partial charge in [-0.05, 0) is 50.5 Å². The van der Waals surface area contributed by atoms with Crippen LogP contribution in [-0.2, 0) is 24.6 Å². The first-order valence-electron chi connectivity index (χ1n) is 8.49. The van der Waals surface area contributed by atoms with E-state index in [1.165, 1.54) is 36.1 Å². The van der Waals surface area contributed by atoms with Gasteiger partial charge in [-0.3, -0.25) is 9.36 Å². The molecule has 1 aliphatic carbocycles. The largest absolute Gasteiger partial charge is 0.377 e. The maximum atomic E-state index is 12.8. The van der Waals surface area contributed by atoms with Crippen LogP contribution in [0.1, 0.15) is 42.5 Å². The summed E-state index contributed by atoms with van der Waals surface area (Å²) < 4.78 is 7.52. The molecule has 0 spiro atoms. The molecule has 0 amide bonds. The van der Waals surface area contributed by atoms with Crippen molar-refractivity contribution in [2.24, 2.45) is 7.05 Å². The Hall–Kier alpha value is -0.850. The molecule has 23 heavy (non-hydrogen) atoms. The van der Waals surface area contributed by atoms with Gasteiger partial charge in [0.25, 0.3) is 5.56 Å². The number of nitrogens with zero attached hydrogens (tertiary/aromatic N) is 2. The first-order valence-corrected chi connectivity index (χ1v) is 10.3. The number of ether oxygens (including phenoxy) is 1. The van der Waals surface area contributed by atoms with Crippen molar-refractivity contribution >= 4 is 33.3 Å². The Labute approximate surface area is 144 Å². The molecule has 1 fully saturated rings. The third-order valence-electron chi connectivity index (χ3n) is 4.83. The molecule has 0 saturated carbocycles. The lowest BCUT2D eigenvalue weighted by Gasteiger charge is -2.22. The van der Waals surface area contributed by atoms with Crippen molar-refractivity contribution in [1.82, 2.24) is 9.55 Å². The Balaban J connectivity index is 1.65. The third kappa shape index (κ3) is 2.96. The topological polar surface area (TPSA) is 44.1 Å². The second kappa shape index (κ2) is 6.57. The van der Waals surface area contributed by atoms with Crippen LogP contribution in [0.2, 0.25) is 0 Å². The highest BCUT2D eigenvalue weighted by molar-refractivity contribution is 7.99. The summed E-state index contributed by atoms with van der Waals surface area (Å²) in [7, 11) is 1.85. The molecule has 6 heteroatoms. The normalized spacial score (nSPS) is 21.5. The van der Waals surface area contributed by atoms with E-state index in [0.29, 0.717) is 6.10 Å². The van der Waals surface area contributed by atoms with Crippen LogP contribution < -0.4 is 5.56 Å². The zero-order chi connectivity index (χ0) is 15.8. The van der Waals surface area contributed by atoms with Crippen LogP contribution in [0.15, 0.2) is 9.95 Å². The van der Waals surface area contributed by atoms with Crippen LogP contribution in [0.3, 0.4) is 0 Å². The Kier molecular flexibility index (Phi) is 4.48. The molecule has 2 aliphatic rings. The Bertz CT molecular complexity index is 775. The zero-order valence-corrected chi connectivity index (χ0v) is 15.1. The second-order valence-corrected chi connectivity index (χ2v) is 8.52. The highest BCUT2D eigenvalue weighted by atomic mass is 32.2. The molecule has 4 nitrogen and oxygen atoms in total. The molecule has 0 bridgehead atoms. The lowest BCUT2D eigenvalue weighted by atomic mass is 9.97. The van der Waals surface area contributed by atoms with Gasteiger partial charge in [-0.15, -0.1) is 11.3 Å². The number of fused-ring (bicyclic) bond motifs is 3. The van der Waals surface area contributed by atoms with Crippen molar-refractivity contribution in [3.63, 3.8) is 0 Å². The summed E-state index contributed by atoms with van der Waals surface area (Å²) in [6.45, 7) is 0.869. The fraction of sp³-hybridized carbons (Fsp3) is 0.647. The van der Waals surface area contributed by atoms with E-state index >= 15 is 0 Å². The minimum Gasteiger partial charge on any atom is -0.377 e. The third-order valence-corrected chi connectivity index (χ3v) is 7.18. The predicted molar refractivity (Wildman–Crippen MR) is 95.8 cm³/mol. The van der Waals surface area contributed by atoms with Gasteiger partial charge in [-0.2, -0.15) is 0 Å². The molecule has 0 radical (unpaired) electrons. The summed E-state index contributed by atoms with van der Waals surface area (Å²) >= 11 is 3.39. The summed E-state index contributed by atoms with van der Waals surface area (Å²) in [4.78, 5) is 20.0. The molecule has 124 valence electrons. The molecule has 0 unspecified atom stereocenters. The SMILES string of the molecule is Cn1c(SC[C@@H]2CCCCO2)nc2sc3c(c2c1=O)CCCC3. The molecule has 4 rings (SSSR count). The van der Waals surface area contributed by atoms with E-state index < -0.39 is 0 Å². The van der Waals surface area contributed by atoms with Crippen molar-refractivity contribution in [3.05, 3.63) is 20.8 Å². The molecule has 0 N–H and O–H groups in total. The van der Waals surface area contributed by atoms with Gasteiger partial charge >= 0.3 is 0 Å². The average Bonchev–Trinajstić information content (AvgIpc) is 2.96. The lowest BCUT2D eigenvalue weighted by Crippen LogP contribution is -2.24. The van der Waals surface area contributed by atoms with E-state index in [0.717, 1.165) is 47.0 Å². The fourth-order valence-electron chi connectivity index (χ4n) is 3.50. The molecule has 2 aromatic heterocycles. The maximum Gasteiger partial charge on any atom is 0.262 e. The van der Waals surface area contributed by atoms with Crippen LogP contribution in [0.25, 0.3) is 10.2 Å². The molecule has 1 saturated heterocycles. The van der Waals surface area contributed by atoms with Gasteiger partial charge in [0.05, 0.1) is 11.5 Å². The van der Waals surface area contributed by atoms with Crippen LogP contribution in [0.4, 0.5) is 0 Å². The summed E-state index contributed by atoms with van der Waals surface area (Å²) in [6, 6.07) is 0. The quantitative estimate of drug-likeness (QED) is 0.627. The van der Waals surface area contributed by atoms with Gasteiger partial charge in [0.15, 0.2) is 5.16 Å². The van der Waals surface area contributed by atoms with Crippen molar-refractivity contribution in [3.8, 4) is 0 Å². The van der Waals surface area contributed by atoms with Crippen molar-refractivity contribution < 1.29 is 4.74 Å². The zero-order valence-electron chi connectivity index (χ0n) is 13.5. The van der Waals surface area contributed by atoms with Crippen molar-refractivity contribution in [2.45, 2.75) is 56.2 Å². The molecule has 1 atom stereocenters. The average molecular weight is 351 g/mol. The molecular weight excluding hydrogens is 328 g/mol. The summed E-state index contributed by atoms with van der Waals surface area (Å²) in [5.41, 5.74) is 1.40. The second-order valence-electron chi connectivity index (χ2n) is 6.45. The van der Waals surface area contributed by atoms with E-state index in [1.807, 2.05) is 7.05 Å². The van der Waals surface area contributed by atoms with Crippen LogP contribution in [0.5, 0.6) is 0 Å². The van der Waals surface area contributed by atoms with Crippen molar-refractivity contribution in [2.75, 3.05) is 12.4 Å². The minimum atomic E-state index is 0.126. The number of aryl methyl sites for hydroxylation is 2. The van der Waals surface area contributed by atoms with E-state index in [1.54, 1.807) is 27.7 Å². The standard InChI is InChI=1S/C17H22N2O2S2/c1-19-16(20)14-12-7-2-3-8-13(12)23-15(14)18-17(19)22-10-11-6-4-5-9-21-11/h11H,2-10H2,1H3/t11-/m0/s1. The number of thiophene rings is 1. The number of thioether (sulfide) groups is 1. The highest BCUT2D eigenvalue weighted by Gasteiger charge is 2.22. The maximum absolute atomic E-state index is 12.8. The molecule has 0 aromatic carbocycles. The highest BCUT2D eigenvalue weighted by Crippen LogP contribution is 2.34. The van der Waals surface area contributed by atoms with Crippen LogP contribution in [-0.4, -0.2) is 28.0 Å². The predicted octanol–water partition coefficient (Wildman–Crippen LogP) is 3.54. The number of rotatable bonds is 3. The number of hydrogen-bond acceptors (Lipinski definition) is 5. The Morgan fingerprint density at radius 3 is 3.00 bits per heavy atom. The van der Waals surface area contributed by atoms with Gasteiger partial charge in [-0.1, -0.05) is 11.8 Å². The van der Waals surface area contributed by atoms with E-state index in [-0.39, 0.29) is 5.56 Å². The molecule has 2 aromatic rings.